The van der Waals surface area contributed by atoms with Crippen LogP contribution in [0, 0.1) is 0 Å². The first-order valence-corrected chi connectivity index (χ1v) is 6.94. The van der Waals surface area contributed by atoms with E-state index in [1.807, 2.05) is 0 Å². The summed E-state index contributed by atoms with van der Waals surface area (Å²) >= 11 is 0. The zero-order valence-corrected chi connectivity index (χ0v) is 11.2. The van der Waals surface area contributed by atoms with Gasteiger partial charge in [0, 0.05) is 6.42 Å². The molecule has 0 saturated carbocycles. The van der Waals surface area contributed by atoms with E-state index in [0.29, 0.717) is 0 Å². The third-order valence-corrected chi connectivity index (χ3v) is 2.85. The minimum atomic E-state index is -4.61. The number of carbonyl (C=O) groups excluding carboxylic acids is 1. The van der Waals surface area contributed by atoms with Crippen LogP contribution >= 0.6 is 0 Å². The van der Waals surface area contributed by atoms with Gasteiger partial charge in [0.15, 0.2) is 5.78 Å². The molecule has 0 aromatic heterocycles. The van der Waals surface area contributed by atoms with Gasteiger partial charge in [0.25, 0.3) is 0 Å². The van der Waals surface area contributed by atoms with E-state index in [0.717, 1.165) is 0 Å². The lowest BCUT2D eigenvalue weighted by atomic mass is 9.98. The molecule has 0 aliphatic rings. The first kappa shape index (κ1) is 19.3. The SMILES string of the molecule is O=C(CCCOS(=O)(=O)O)C(O)C(O)C(O)C(O)CO. The summed E-state index contributed by atoms with van der Waals surface area (Å²) in [5.41, 5.74) is 0. The molecule has 0 rings (SSSR count). The summed E-state index contributed by atoms with van der Waals surface area (Å²) in [5, 5.41) is 45.6. The van der Waals surface area contributed by atoms with Crippen molar-refractivity contribution in [1.29, 1.82) is 0 Å². The smallest absolute Gasteiger partial charge is 0.394 e. The Morgan fingerprint density at radius 1 is 1.10 bits per heavy atom. The fraction of sp³-hybridized carbons (Fsp3) is 0.889. The second-order valence-corrected chi connectivity index (χ2v) is 5.09. The average Bonchev–Trinajstić information content (AvgIpc) is 2.38. The maximum atomic E-state index is 11.4. The predicted molar refractivity (Wildman–Crippen MR) is 62.9 cm³/mol. The molecule has 0 spiro atoms. The summed E-state index contributed by atoms with van der Waals surface area (Å²) in [7, 11) is -4.61. The minimum absolute atomic E-state index is 0.166. The summed E-state index contributed by atoms with van der Waals surface area (Å²) in [4.78, 5) is 11.4. The molecule has 0 bridgehead atoms. The molecule has 0 aromatic carbocycles. The highest BCUT2D eigenvalue weighted by molar-refractivity contribution is 7.80. The summed E-state index contributed by atoms with van der Waals surface area (Å²) < 4.78 is 32.5. The van der Waals surface area contributed by atoms with Gasteiger partial charge in [-0.15, -0.1) is 0 Å². The quantitative estimate of drug-likeness (QED) is 0.175. The third kappa shape index (κ3) is 7.21. The van der Waals surface area contributed by atoms with E-state index < -0.39 is 60.2 Å². The van der Waals surface area contributed by atoms with Gasteiger partial charge in [-0.1, -0.05) is 0 Å². The predicted octanol–water partition coefficient (Wildman–Crippen LogP) is -3.41. The molecule has 10 nitrogen and oxygen atoms in total. The molecule has 0 radical (unpaired) electrons. The van der Waals surface area contributed by atoms with Crippen molar-refractivity contribution < 1.29 is 47.5 Å². The number of rotatable bonds is 10. The number of hydrogen-bond donors (Lipinski definition) is 6. The van der Waals surface area contributed by atoms with Crippen molar-refractivity contribution in [2.24, 2.45) is 0 Å². The van der Waals surface area contributed by atoms with Gasteiger partial charge in [-0.2, -0.15) is 8.42 Å². The van der Waals surface area contributed by atoms with Crippen LogP contribution in [0.3, 0.4) is 0 Å². The normalized spacial score (nSPS) is 18.3. The number of ketones is 1. The lowest BCUT2D eigenvalue weighted by Crippen LogP contribution is -2.48. The van der Waals surface area contributed by atoms with Gasteiger partial charge in [0.2, 0.25) is 0 Å². The first-order chi connectivity index (χ1) is 9.10. The number of hydrogen-bond acceptors (Lipinski definition) is 9. The molecule has 4 atom stereocenters. The Kier molecular flexibility index (Phi) is 8.30. The molecular formula is C9H18O10S. The molecular weight excluding hydrogens is 300 g/mol. The number of aliphatic hydroxyl groups excluding tert-OH is 5. The molecule has 0 saturated heterocycles. The van der Waals surface area contributed by atoms with Crippen LogP contribution in [0.4, 0.5) is 0 Å². The fourth-order valence-electron chi connectivity index (χ4n) is 1.27. The van der Waals surface area contributed by atoms with E-state index in [-0.39, 0.29) is 6.42 Å². The van der Waals surface area contributed by atoms with Crippen molar-refractivity contribution >= 4 is 16.2 Å². The van der Waals surface area contributed by atoms with E-state index in [9.17, 15) is 28.5 Å². The highest BCUT2D eigenvalue weighted by Gasteiger charge is 2.33. The molecule has 0 amide bonds. The highest BCUT2D eigenvalue weighted by Crippen LogP contribution is 2.08. The Morgan fingerprint density at radius 2 is 1.65 bits per heavy atom. The highest BCUT2D eigenvalue weighted by atomic mass is 32.3. The maximum Gasteiger partial charge on any atom is 0.397 e. The molecule has 20 heavy (non-hydrogen) atoms. The zero-order chi connectivity index (χ0) is 15.9. The topological polar surface area (TPSA) is 182 Å². The second kappa shape index (κ2) is 8.59. The largest absolute Gasteiger partial charge is 0.397 e. The van der Waals surface area contributed by atoms with E-state index >= 15 is 0 Å². The van der Waals surface area contributed by atoms with Crippen molar-refractivity contribution in [2.45, 2.75) is 37.3 Å². The Hall–Kier alpha value is -0.660. The van der Waals surface area contributed by atoms with Crippen LogP contribution in [-0.2, 0) is 19.4 Å². The van der Waals surface area contributed by atoms with Gasteiger partial charge < -0.3 is 25.5 Å². The van der Waals surface area contributed by atoms with Crippen molar-refractivity contribution in [2.75, 3.05) is 13.2 Å². The lowest BCUT2D eigenvalue weighted by molar-refractivity contribution is -0.147. The molecule has 0 heterocycles. The van der Waals surface area contributed by atoms with E-state index in [1.54, 1.807) is 0 Å². The van der Waals surface area contributed by atoms with Crippen molar-refractivity contribution in [3.8, 4) is 0 Å². The van der Waals surface area contributed by atoms with Crippen LogP contribution in [0.1, 0.15) is 12.8 Å². The van der Waals surface area contributed by atoms with Gasteiger partial charge in [0.1, 0.15) is 24.4 Å². The van der Waals surface area contributed by atoms with Gasteiger partial charge in [-0.25, -0.2) is 4.18 Å². The molecule has 0 fully saturated rings. The summed E-state index contributed by atoms with van der Waals surface area (Å²) in [6.07, 6.45) is -8.23. The monoisotopic (exact) mass is 318 g/mol. The Morgan fingerprint density at radius 3 is 2.10 bits per heavy atom. The van der Waals surface area contributed by atoms with Crippen LogP contribution in [0.2, 0.25) is 0 Å². The Bertz CT molecular complexity index is 394. The molecule has 0 aliphatic carbocycles. The summed E-state index contributed by atoms with van der Waals surface area (Å²) in [5.74, 6) is -0.930. The number of aliphatic hydroxyl groups is 5. The van der Waals surface area contributed by atoms with Gasteiger partial charge in [-0.05, 0) is 6.42 Å². The molecule has 4 unspecified atom stereocenters. The molecule has 11 heteroatoms. The Labute approximate surface area is 115 Å². The third-order valence-electron chi connectivity index (χ3n) is 2.38. The lowest BCUT2D eigenvalue weighted by Gasteiger charge is -2.24. The first-order valence-electron chi connectivity index (χ1n) is 5.57. The van der Waals surface area contributed by atoms with Gasteiger partial charge >= 0.3 is 10.4 Å². The van der Waals surface area contributed by atoms with Crippen LogP contribution in [0.25, 0.3) is 0 Å². The van der Waals surface area contributed by atoms with Crippen molar-refractivity contribution in [3.63, 3.8) is 0 Å². The number of Topliss-reactive ketones (excluding diaryl/α,β-unsaturated/α-hetero) is 1. The molecule has 6 N–H and O–H groups in total. The average molecular weight is 318 g/mol. The fourth-order valence-corrected chi connectivity index (χ4v) is 1.60. The van der Waals surface area contributed by atoms with E-state index in [4.69, 9.17) is 14.8 Å². The standard InChI is InChI=1S/C9H18O10S/c10-4-6(12)8(14)9(15)7(13)5(11)2-1-3-19-20(16,17)18/h6-10,12-15H,1-4H2,(H,16,17,18). The molecule has 120 valence electrons. The van der Waals surface area contributed by atoms with Crippen LogP contribution in [0.15, 0.2) is 0 Å². The Balaban J connectivity index is 4.21. The van der Waals surface area contributed by atoms with Crippen LogP contribution in [-0.4, -0.2) is 81.9 Å². The summed E-state index contributed by atoms with van der Waals surface area (Å²) in [6, 6.07) is 0. The van der Waals surface area contributed by atoms with Gasteiger partial charge in [0.05, 0.1) is 13.2 Å². The maximum absolute atomic E-state index is 11.4. The zero-order valence-electron chi connectivity index (χ0n) is 10.4. The second-order valence-electron chi connectivity index (χ2n) is 4.00. The number of carbonyl (C=O) groups is 1. The molecule has 0 aliphatic heterocycles. The van der Waals surface area contributed by atoms with E-state index in [2.05, 4.69) is 4.18 Å². The van der Waals surface area contributed by atoms with Crippen molar-refractivity contribution in [3.05, 3.63) is 0 Å². The van der Waals surface area contributed by atoms with Crippen molar-refractivity contribution in [1.82, 2.24) is 0 Å². The minimum Gasteiger partial charge on any atom is -0.394 e. The molecule has 0 aromatic rings. The van der Waals surface area contributed by atoms with Crippen LogP contribution in [0.5, 0.6) is 0 Å². The van der Waals surface area contributed by atoms with E-state index in [1.165, 1.54) is 0 Å². The van der Waals surface area contributed by atoms with Gasteiger partial charge in [-0.3, -0.25) is 9.35 Å². The summed E-state index contributed by atoms with van der Waals surface area (Å²) in [6.45, 7) is -1.38. The van der Waals surface area contributed by atoms with Crippen LogP contribution < -0.4 is 0 Å².